The van der Waals surface area contributed by atoms with E-state index in [4.69, 9.17) is 0 Å². The maximum atomic E-state index is 13.2. The van der Waals surface area contributed by atoms with E-state index >= 15 is 0 Å². The van der Waals surface area contributed by atoms with Crippen LogP contribution >= 0.6 is 0 Å². The molecule has 0 saturated heterocycles. The Kier molecular flexibility index (Phi) is 9.15. The Hall–Kier alpha value is -1.93. The molecule has 2 aliphatic carbocycles. The van der Waals surface area contributed by atoms with Gasteiger partial charge in [-0.05, 0) is 70.2 Å². The summed E-state index contributed by atoms with van der Waals surface area (Å²) in [5.41, 5.74) is -0.0746. The molecule has 0 bridgehead atoms. The van der Waals surface area contributed by atoms with Crippen LogP contribution in [0.4, 0.5) is 5.69 Å². The molecule has 2 saturated carbocycles. The van der Waals surface area contributed by atoms with E-state index in [1.807, 2.05) is 0 Å². The summed E-state index contributed by atoms with van der Waals surface area (Å²) in [5.74, 6) is 0.186. The molecule has 1 aromatic rings. The molecule has 1 atom stereocenters. The molecule has 0 aliphatic heterocycles. The molecule has 2 fully saturated rings. The van der Waals surface area contributed by atoms with Crippen molar-refractivity contribution in [1.82, 2.24) is 10.0 Å². The molecular weight excluding hydrogens is 450 g/mol. The van der Waals surface area contributed by atoms with E-state index in [2.05, 4.69) is 15.4 Å². The Balaban J connectivity index is 1.67. The third-order valence-electron chi connectivity index (χ3n) is 6.78. The smallest absolute Gasteiger partial charge is 0.246 e. The third kappa shape index (κ3) is 8.08. The Morgan fingerprint density at radius 2 is 1.47 bits per heavy atom. The van der Waals surface area contributed by atoms with Crippen molar-refractivity contribution >= 4 is 27.5 Å². The predicted molar refractivity (Wildman–Crippen MR) is 135 cm³/mol. The number of nitrogens with one attached hydrogen (secondary N) is 3. The van der Waals surface area contributed by atoms with E-state index in [1.54, 1.807) is 32.9 Å². The molecule has 1 aromatic carbocycles. The molecule has 2 aliphatic rings. The first-order valence-electron chi connectivity index (χ1n) is 12.8. The van der Waals surface area contributed by atoms with Gasteiger partial charge in [-0.3, -0.25) is 9.59 Å². The van der Waals surface area contributed by atoms with Gasteiger partial charge in [-0.1, -0.05) is 51.4 Å². The minimum absolute atomic E-state index is 0.00443. The van der Waals surface area contributed by atoms with Crippen molar-refractivity contribution in [3.63, 3.8) is 0 Å². The van der Waals surface area contributed by atoms with Crippen LogP contribution in [0, 0.1) is 11.8 Å². The lowest BCUT2D eigenvalue weighted by Crippen LogP contribution is -2.47. The number of anilines is 1. The lowest BCUT2D eigenvalue weighted by atomic mass is 9.84. The van der Waals surface area contributed by atoms with Crippen molar-refractivity contribution in [3.8, 4) is 0 Å². The lowest BCUT2D eigenvalue weighted by molar-refractivity contribution is -0.130. The van der Waals surface area contributed by atoms with Crippen molar-refractivity contribution in [2.45, 2.75) is 108 Å². The molecule has 0 radical (unpaired) electrons. The SMILES string of the molecule is CC(C)(C)NS(=O)(=O)c1ccc(NC(=O)C(CC2CCCCC2)NC(=O)C2CCCCC2)cc1. The maximum Gasteiger partial charge on any atom is 0.246 e. The van der Waals surface area contributed by atoms with Crippen LogP contribution in [0.1, 0.15) is 91.4 Å². The van der Waals surface area contributed by atoms with Crippen LogP contribution in [0.15, 0.2) is 29.2 Å². The molecule has 34 heavy (non-hydrogen) atoms. The van der Waals surface area contributed by atoms with E-state index in [0.717, 1.165) is 38.5 Å². The normalized spacial score (nSPS) is 19.4. The minimum Gasteiger partial charge on any atom is -0.344 e. The van der Waals surface area contributed by atoms with Gasteiger partial charge in [0, 0.05) is 17.1 Å². The summed E-state index contributed by atoms with van der Waals surface area (Å²) in [4.78, 5) is 26.3. The molecule has 7 nitrogen and oxygen atoms in total. The highest BCUT2D eigenvalue weighted by Crippen LogP contribution is 2.29. The fourth-order valence-electron chi connectivity index (χ4n) is 5.05. The quantitative estimate of drug-likeness (QED) is 0.489. The summed E-state index contributed by atoms with van der Waals surface area (Å²) < 4.78 is 27.7. The average molecular weight is 492 g/mol. The number of hydrogen-bond acceptors (Lipinski definition) is 4. The number of amides is 2. The fourth-order valence-corrected chi connectivity index (χ4v) is 6.47. The van der Waals surface area contributed by atoms with Crippen LogP contribution in [-0.2, 0) is 19.6 Å². The molecule has 8 heteroatoms. The Labute approximate surface area is 204 Å². The molecule has 190 valence electrons. The molecule has 1 unspecified atom stereocenters. The van der Waals surface area contributed by atoms with Gasteiger partial charge in [-0.25, -0.2) is 13.1 Å². The van der Waals surface area contributed by atoms with E-state index in [-0.39, 0.29) is 22.6 Å². The summed E-state index contributed by atoms with van der Waals surface area (Å²) in [6, 6.07) is 5.58. The van der Waals surface area contributed by atoms with Gasteiger partial charge in [0.15, 0.2) is 0 Å². The van der Waals surface area contributed by atoms with Gasteiger partial charge in [-0.2, -0.15) is 0 Å². The summed E-state index contributed by atoms with van der Waals surface area (Å²) in [5, 5.41) is 5.96. The molecular formula is C26H41N3O4S. The average Bonchev–Trinajstić information content (AvgIpc) is 2.78. The minimum atomic E-state index is -3.65. The number of sulfonamides is 1. The van der Waals surface area contributed by atoms with Crippen LogP contribution in [0.5, 0.6) is 0 Å². The van der Waals surface area contributed by atoms with Crippen molar-refractivity contribution in [2.24, 2.45) is 11.8 Å². The number of carbonyl (C=O) groups excluding carboxylic acids is 2. The lowest BCUT2D eigenvalue weighted by Gasteiger charge is -2.28. The summed E-state index contributed by atoms with van der Waals surface area (Å²) in [6.07, 6.45) is 11.5. The van der Waals surface area contributed by atoms with E-state index in [1.165, 1.54) is 37.8 Å². The highest BCUT2D eigenvalue weighted by atomic mass is 32.2. The first-order chi connectivity index (χ1) is 16.0. The van der Waals surface area contributed by atoms with E-state index < -0.39 is 21.6 Å². The molecule has 3 rings (SSSR count). The van der Waals surface area contributed by atoms with Gasteiger partial charge >= 0.3 is 0 Å². The standard InChI is InChI=1S/C26H41N3O4S/c1-26(2,3)29-34(32,33)22-16-14-21(15-17-22)27-25(31)23(18-19-10-6-4-7-11-19)28-24(30)20-12-8-5-9-13-20/h14-17,19-20,23,29H,4-13,18H2,1-3H3,(H,27,31)(H,28,30). The molecule has 0 heterocycles. The van der Waals surface area contributed by atoms with E-state index in [0.29, 0.717) is 18.0 Å². The monoisotopic (exact) mass is 491 g/mol. The first-order valence-corrected chi connectivity index (χ1v) is 14.3. The molecule has 3 N–H and O–H groups in total. The highest BCUT2D eigenvalue weighted by Gasteiger charge is 2.29. The highest BCUT2D eigenvalue weighted by molar-refractivity contribution is 7.89. The molecule has 2 amide bonds. The predicted octanol–water partition coefficient (Wildman–Crippen LogP) is 4.74. The number of hydrogen-bond donors (Lipinski definition) is 3. The van der Waals surface area contributed by atoms with Gasteiger partial charge in [0.1, 0.15) is 6.04 Å². The van der Waals surface area contributed by atoms with Gasteiger partial charge in [-0.15, -0.1) is 0 Å². The third-order valence-corrected chi connectivity index (χ3v) is 8.55. The Morgan fingerprint density at radius 1 is 0.912 bits per heavy atom. The van der Waals surface area contributed by atoms with Gasteiger partial charge < -0.3 is 10.6 Å². The van der Waals surface area contributed by atoms with Crippen LogP contribution in [-0.4, -0.2) is 31.8 Å². The van der Waals surface area contributed by atoms with Crippen LogP contribution < -0.4 is 15.4 Å². The van der Waals surface area contributed by atoms with Crippen molar-refractivity contribution in [2.75, 3.05) is 5.32 Å². The van der Waals surface area contributed by atoms with Crippen molar-refractivity contribution in [1.29, 1.82) is 0 Å². The maximum absolute atomic E-state index is 13.2. The molecule has 0 spiro atoms. The summed E-state index contributed by atoms with van der Waals surface area (Å²) >= 11 is 0. The Bertz CT molecular complexity index is 926. The number of benzene rings is 1. The van der Waals surface area contributed by atoms with Crippen molar-refractivity contribution in [3.05, 3.63) is 24.3 Å². The second-order valence-corrected chi connectivity index (χ2v) is 12.7. The topological polar surface area (TPSA) is 104 Å². The second kappa shape index (κ2) is 11.7. The van der Waals surface area contributed by atoms with Crippen LogP contribution in [0.25, 0.3) is 0 Å². The van der Waals surface area contributed by atoms with Gasteiger partial charge in [0.25, 0.3) is 0 Å². The largest absolute Gasteiger partial charge is 0.344 e. The zero-order chi connectivity index (χ0) is 24.8. The zero-order valence-electron chi connectivity index (χ0n) is 20.9. The number of rotatable bonds is 8. The van der Waals surface area contributed by atoms with Crippen LogP contribution in [0.2, 0.25) is 0 Å². The van der Waals surface area contributed by atoms with Crippen molar-refractivity contribution < 1.29 is 18.0 Å². The van der Waals surface area contributed by atoms with Gasteiger partial charge in [0.05, 0.1) is 4.90 Å². The summed E-state index contributed by atoms with van der Waals surface area (Å²) in [6.45, 7) is 5.35. The second-order valence-electron chi connectivity index (χ2n) is 11.0. The Morgan fingerprint density at radius 3 is 2.03 bits per heavy atom. The van der Waals surface area contributed by atoms with Crippen LogP contribution in [0.3, 0.4) is 0 Å². The molecule has 0 aromatic heterocycles. The number of carbonyl (C=O) groups is 2. The van der Waals surface area contributed by atoms with E-state index in [9.17, 15) is 18.0 Å². The first kappa shape index (κ1) is 26.7. The fraction of sp³-hybridized carbons (Fsp3) is 0.692. The van der Waals surface area contributed by atoms with Gasteiger partial charge in [0.2, 0.25) is 21.8 Å². The summed E-state index contributed by atoms with van der Waals surface area (Å²) in [7, 11) is -3.65. The zero-order valence-corrected chi connectivity index (χ0v) is 21.7.